The summed E-state index contributed by atoms with van der Waals surface area (Å²) < 4.78 is 0. The number of carbonyl (C=O) groups is 1. The molecule has 4 heteroatoms. The summed E-state index contributed by atoms with van der Waals surface area (Å²) in [7, 11) is 1.93. The van der Waals surface area contributed by atoms with Crippen LogP contribution in [0, 0.1) is 5.92 Å². The summed E-state index contributed by atoms with van der Waals surface area (Å²) in [6.45, 7) is 2.26. The minimum absolute atomic E-state index is 0.129. The first kappa shape index (κ1) is 15.8. The number of rotatable bonds is 6. The van der Waals surface area contributed by atoms with Gasteiger partial charge in [0.15, 0.2) is 0 Å². The Balaban J connectivity index is 2.39. The Hall–Kier alpha value is -0.220. The maximum absolute atomic E-state index is 12.2. The van der Waals surface area contributed by atoms with Crippen LogP contribution in [0.5, 0.6) is 0 Å². The van der Waals surface area contributed by atoms with E-state index < -0.39 is 0 Å². The van der Waals surface area contributed by atoms with Crippen molar-refractivity contribution in [3.63, 3.8) is 0 Å². The SMILES string of the molecule is CCC1CCC(N(C)C(=O)[C@@H](N)CCSC)CC1. The Morgan fingerprint density at radius 1 is 1.39 bits per heavy atom. The molecule has 0 spiro atoms. The summed E-state index contributed by atoms with van der Waals surface area (Å²) in [6.07, 6.45) is 8.93. The van der Waals surface area contributed by atoms with Crippen molar-refractivity contribution < 1.29 is 4.79 Å². The van der Waals surface area contributed by atoms with Gasteiger partial charge in [-0.2, -0.15) is 11.8 Å². The van der Waals surface area contributed by atoms with Gasteiger partial charge < -0.3 is 10.6 Å². The molecule has 2 N–H and O–H groups in total. The van der Waals surface area contributed by atoms with E-state index in [0.717, 1.165) is 30.9 Å². The van der Waals surface area contributed by atoms with Gasteiger partial charge >= 0.3 is 0 Å². The van der Waals surface area contributed by atoms with E-state index in [0.29, 0.717) is 6.04 Å². The van der Waals surface area contributed by atoms with Crippen molar-refractivity contribution in [1.82, 2.24) is 4.90 Å². The van der Waals surface area contributed by atoms with E-state index in [4.69, 9.17) is 5.73 Å². The fraction of sp³-hybridized carbons (Fsp3) is 0.929. The Morgan fingerprint density at radius 2 is 2.00 bits per heavy atom. The molecule has 0 aromatic carbocycles. The molecule has 0 heterocycles. The quantitative estimate of drug-likeness (QED) is 0.808. The fourth-order valence-electron chi connectivity index (χ4n) is 2.75. The second-order valence-corrected chi connectivity index (χ2v) is 6.41. The number of amides is 1. The Bertz CT molecular complexity index is 252. The highest BCUT2D eigenvalue weighted by molar-refractivity contribution is 7.98. The van der Waals surface area contributed by atoms with Gasteiger partial charge in [-0.1, -0.05) is 13.3 Å². The minimum atomic E-state index is -0.314. The highest BCUT2D eigenvalue weighted by atomic mass is 32.2. The van der Waals surface area contributed by atoms with Crippen LogP contribution >= 0.6 is 11.8 Å². The van der Waals surface area contributed by atoms with Crippen molar-refractivity contribution in [2.45, 2.75) is 57.5 Å². The van der Waals surface area contributed by atoms with Gasteiger partial charge in [0.05, 0.1) is 6.04 Å². The molecule has 1 fully saturated rings. The lowest BCUT2D eigenvalue weighted by atomic mass is 9.84. The Labute approximate surface area is 116 Å². The topological polar surface area (TPSA) is 46.3 Å². The van der Waals surface area contributed by atoms with E-state index in [1.54, 1.807) is 11.8 Å². The highest BCUT2D eigenvalue weighted by Gasteiger charge is 2.28. The average molecular weight is 272 g/mol. The molecule has 0 aromatic rings. The summed E-state index contributed by atoms with van der Waals surface area (Å²) in [5.41, 5.74) is 5.96. The third-order valence-corrected chi connectivity index (χ3v) is 4.88. The maximum Gasteiger partial charge on any atom is 0.239 e. The zero-order chi connectivity index (χ0) is 13.5. The molecule has 0 bridgehead atoms. The van der Waals surface area contributed by atoms with Gasteiger partial charge in [-0.05, 0) is 50.0 Å². The van der Waals surface area contributed by atoms with Crippen molar-refractivity contribution in [2.24, 2.45) is 11.7 Å². The molecule has 3 nitrogen and oxygen atoms in total. The molecule has 0 unspecified atom stereocenters. The summed E-state index contributed by atoms with van der Waals surface area (Å²) in [6, 6.07) is 0.104. The van der Waals surface area contributed by atoms with Crippen molar-refractivity contribution in [2.75, 3.05) is 19.1 Å². The molecular formula is C14H28N2OS. The second kappa shape index (κ2) is 8.05. The van der Waals surface area contributed by atoms with Gasteiger partial charge in [-0.3, -0.25) is 4.79 Å². The smallest absolute Gasteiger partial charge is 0.239 e. The standard InChI is InChI=1S/C14H28N2OS/c1-4-11-5-7-12(8-6-11)16(2)14(17)13(15)9-10-18-3/h11-13H,4-10,15H2,1-3H3/t11?,12?,13-/m0/s1. The van der Waals surface area contributed by atoms with Crippen LogP contribution in [-0.2, 0) is 4.79 Å². The Kier molecular flexibility index (Phi) is 7.08. The minimum Gasteiger partial charge on any atom is -0.341 e. The normalized spacial score (nSPS) is 25.8. The molecule has 18 heavy (non-hydrogen) atoms. The van der Waals surface area contributed by atoms with Gasteiger partial charge in [0.1, 0.15) is 0 Å². The van der Waals surface area contributed by atoms with Crippen LogP contribution in [-0.4, -0.2) is 41.9 Å². The summed E-state index contributed by atoms with van der Waals surface area (Å²) in [5.74, 6) is 1.96. The summed E-state index contributed by atoms with van der Waals surface area (Å²) in [5, 5.41) is 0. The molecule has 1 aliphatic rings. The molecule has 0 aliphatic heterocycles. The van der Waals surface area contributed by atoms with Crippen molar-refractivity contribution in [1.29, 1.82) is 0 Å². The molecule has 1 atom stereocenters. The van der Waals surface area contributed by atoms with E-state index in [1.807, 2.05) is 18.2 Å². The van der Waals surface area contributed by atoms with Crippen LogP contribution in [0.3, 0.4) is 0 Å². The zero-order valence-corrected chi connectivity index (χ0v) is 12.8. The van der Waals surface area contributed by atoms with E-state index >= 15 is 0 Å². The van der Waals surface area contributed by atoms with Crippen molar-refractivity contribution in [3.8, 4) is 0 Å². The van der Waals surface area contributed by atoms with Crippen LogP contribution in [0.25, 0.3) is 0 Å². The molecule has 0 aromatic heterocycles. The van der Waals surface area contributed by atoms with Crippen molar-refractivity contribution >= 4 is 17.7 Å². The molecule has 1 rings (SSSR count). The molecule has 0 saturated heterocycles. The van der Waals surface area contributed by atoms with E-state index in [2.05, 4.69) is 6.92 Å². The molecule has 1 amide bonds. The van der Waals surface area contributed by atoms with E-state index in [-0.39, 0.29) is 11.9 Å². The van der Waals surface area contributed by atoms with Crippen LogP contribution in [0.4, 0.5) is 0 Å². The van der Waals surface area contributed by atoms with Crippen LogP contribution < -0.4 is 5.73 Å². The van der Waals surface area contributed by atoms with Gasteiger partial charge in [-0.15, -0.1) is 0 Å². The third-order valence-electron chi connectivity index (χ3n) is 4.24. The van der Waals surface area contributed by atoms with Gasteiger partial charge in [0.25, 0.3) is 0 Å². The number of hydrogen-bond donors (Lipinski definition) is 1. The maximum atomic E-state index is 12.2. The second-order valence-electron chi connectivity index (χ2n) is 5.42. The molecule has 106 valence electrons. The largest absolute Gasteiger partial charge is 0.341 e. The molecular weight excluding hydrogens is 244 g/mol. The molecule has 1 aliphatic carbocycles. The van der Waals surface area contributed by atoms with Crippen LogP contribution in [0.15, 0.2) is 0 Å². The number of hydrogen-bond acceptors (Lipinski definition) is 3. The zero-order valence-electron chi connectivity index (χ0n) is 12.0. The van der Waals surface area contributed by atoms with Gasteiger partial charge in [0, 0.05) is 13.1 Å². The van der Waals surface area contributed by atoms with E-state index in [1.165, 1.54) is 19.3 Å². The molecule has 0 radical (unpaired) electrons. The number of nitrogens with zero attached hydrogens (tertiary/aromatic N) is 1. The van der Waals surface area contributed by atoms with Crippen molar-refractivity contribution in [3.05, 3.63) is 0 Å². The first-order chi connectivity index (χ1) is 8.60. The lowest BCUT2D eigenvalue weighted by Gasteiger charge is -2.35. The number of carbonyl (C=O) groups excluding carboxylic acids is 1. The average Bonchev–Trinajstić information content (AvgIpc) is 2.43. The first-order valence-corrected chi connectivity index (χ1v) is 8.50. The lowest BCUT2D eigenvalue weighted by molar-refractivity contribution is -0.134. The molecule has 1 saturated carbocycles. The van der Waals surface area contributed by atoms with Crippen LogP contribution in [0.2, 0.25) is 0 Å². The monoisotopic (exact) mass is 272 g/mol. The number of likely N-dealkylation sites (N-methyl/N-ethyl adjacent to an activating group) is 1. The lowest BCUT2D eigenvalue weighted by Crippen LogP contribution is -2.47. The Morgan fingerprint density at radius 3 is 2.50 bits per heavy atom. The highest BCUT2D eigenvalue weighted by Crippen LogP contribution is 2.29. The number of thioether (sulfide) groups is 1. The predicted molar refractivity (Wildman–Crippen MR) is 79.8 cm³/mol. The third kappa shape index (κ3) is 4.47. The van der Waals surface area contributed by atoms with Crippen LogP contribution in [0.1, 0.15) is 45.4 Å². The summed E-state index contributed by atoms with van der Waals surface area (Å²) in [4.78, 5) is 14.1. The predicted octanol–water partition coefficient (Wildman–Crippen LogP) is 2.49. The number of nitrogens with two attached hydrogens (primary N) is 1. The summed E-state index contributed by atoms with van der Waals surface area (Å²) >= 11 is 1.75. The van der Waals surface area contributed by atoms with E-state index in [9.17, 15) is 4.79 Å². The fourth-order valence-corrected chi connectivity index (χ4v) is 3.24. The van der Waals surface area contributed by atoms with Gasteiger partial charge in [0.2, 0.25) is 5.91 Å². The van der Waals surface area contributed by atoms with Gasteiger partial charge in [-0.25, -0.2) is 0 Å². The first-order valence-electron chi connectivity index (χ1n) is 7.11.